The Bertz CT molecular complexity index is 1540. The van der Waals surface area contributed by atoms with Gasteiger partial charge in [0, 0.05) is 42.2 Å². The van der Waals surface area contributed by atoms with Gasteiger partial charge in [0.2, 0.25) is 5.91 Å². The summed E-state index contributed by atoms with van der Waals surface area (Å²) < 4.78 is 17.8. The first kappa shape index (κ1) is 37.5. The normalized spacial score (nSPS) is 21.4. The standard InChI is InChI=1S/C38H54N6O5S/c1-25(2)41-37(50-4)40-23-27-21-35(31-17-16-29(47-3)22-34(31)42-27)48-30-18-19-44(24-30)36(45)33(43-38(46)49-28-13-10-11-14-28)15-9-7-5-6-8-12-26-20-32(26)39/h8,12,16-17,21-22,26,28,30,32-33H,1,5-7,9-11,13-15,18-20,23-24,39H2,2-4H3,(H,40,41)(H,43,46)/b12-8-/t26-,30?,32-,33?/m1/s1. The predicted molar refractivity (Wildman–Crippen MR) is 200 cm³/mol. The molecule has 272 valence electrons. The number of aromatic nitrogens is 1. The van der Waals surface area contributed by atoms with Crippen molar-refractivity contribution < 1.29 is 23.8 Å². The monoisotopic (exact) mass is 706 g/mol. The molecule has 11 nitrogen and oxygen atoms in total. The number of amidine groups is 1. The van der Waals surface area contributed by atoms with Crippen molar-refractivity contribution in [3.05, 3.63) is 54.4 Å². The van der Waals surface area contributed by atoms with E-state index in [1.54, 1.807) is 7.11 Å². The van der Waals surface area contributed by atoms with Crippen LogP contribution in [0.1, 0.15) is 83.2 Å². The van der Waals surface area contributed by atoms with E-state index in [9.17, 15) is 9.59 Å². The average Bonchev–Trinajstić information content (AvgIpc) is 3.43. The first-order chi connectivity index (χ1) is 24.2. The number of fused-ring (bicyclic) bond motifs is 1. The maximum absolute atomic E-state index is 13.9. The number of nitrogens with one attached hydrogen (secondary N) is 2. The van der Waals surface area contributed by atoms with Crippen LogP contribution >= 0.6 is 11.8 Å². The number of hydrogen-bond donors (Lipinski definition) is 3. The van der Waals surface area contributed by atoms with E-state index in [0.29, 0.717) is 55.9 Å². The zero-order chi connectivity index (χ0) is 35.5. The number of carbonyl (C=O) groups excluding carboxylic acids is 2. The molecule has 3 aliphatic rings. The highest BCUT2D eigenvalue weighted by atomic mass is 32.2. The average molecular weight is 707 g/mol. The Hall–Kier alpha value is -3.77. The Morgan fingerprint density at radius 1 is 1.18 bits per heavy atom. The molecule has 2 amide bonds. The van der Waals surface area contributed by atoms with Gasteiger partial charge in [-0.1, -0.05) is 43.3 Å². The number of hydrogen-bond acceptors (Lipinski definition) is 9. The van der Waals surface area contributed by atoms with E-state index in [2.05, 4.69) is 29.4 Å². The highest BCUT2D eigenvalue weighted by molar-refractivity contribution is 8.13. The Balaban J connectivity index is 1.23. The van der Waals surface area contributed by atoms with Gasteiger partial charge in [-0.2, -0.15) is 0 Å². The molecule has 4 N–H and O–H groups in total. The molecule has 2 heterocycles. The number of nitrogens with zero attached hydrogens (tertiary/aromatic N) is 3. The van der Waals surface area contributed by atoms with Crippen molar-refractivity contribution in [2.45, 2.75) is 108 Å². The van der Waals surface area contributed by atoms with Crippen molar-refractivity contribution in [1.82, 2.24) is 20.5 Å². The SMILES string of the molecule is C=C(C)NC(=NCc1cc(OC2CCN(C(=O)C(CCCCC/C=C\[C@@H]3C[C@H]3N)NC(=O)OC3CCCC3)C2)c2ccc(OC)cc2n1)SC. The third-order valence-electron chi connectivity index (χ3n) is 9.48. The molecule has 0 spiro atoms. The van der Waals surface area contributed by atoms with Crippen LogP contribution in [-0.2, 0) is 16.1 Å². The Labute approximate surface area is 300 Å². The number of benzene rings is 1. The molecule has 0 bridgehead atoms. The summed E-state index contributed by atoms with van der Waals surface area (Å²) in [6, 6.07) is 7.35. The number of unbranched alkanes of at least 4 members (excludes halogenated alkanes) is 3. The van der Waals surface area contributed by atoms with Gasteiger partial charge >= 0.3 is 6.09 Å². The fourth-order valence-electron chi connectivity index (χ4n) is 6.56. The van der Waals surface area contributed by atoms with Gasteiger partial charge < -0.3 is 35.5 Å². The van der Waals surface area contributed by atoms with E-state index < -0.39 is 12.1 Å². The minimum atomic E-state index is -0.639. The zero-order valence-electron chi connectivity index (χ0n) is 29.8. The molecule has 50 heavy (non-hydrogen) atoms. The summed E-state index contributed by atoms with van der Waals surface area (Å²) in [5.41, 5.74) is 8.20. The largest absolute Gasteiger partial charge is 0.497 e. The quantitative estimate of drug-likeness (QED) is 0.0777. The second kappa shape index (κ2) is 18.5. The number of carbonyl (C=O) groups is 2. The Kier molecular flexibility index (Phi) is 13.8. The lowest BCUT2D eigenvalue weighted by molar-refractivity contribution is -0.132. The molecule has 2 aromatic rings. The molecule has 2 saturated carbocycles. The molecule has 1 aliphatic heterocycles. The van der Waals surface area contributed by atoms with Crippen molar-refractivity contribution in [2.75, 3.05) is 26.5 Å². The number of amides is 2. The van der Waals surface area contributed by atoms with Crippen LogP contribution in [0.3, 0.4) is 0 Å². The molecule has 1 aromatic carbocycles. The zero-order valence-corrected chi connectivity index (χ0v) is 30.6. The van der Waals surface area contributed by atoms with Crippen molar-refractivity contribution in [1.29, 1.82) is 0 Å². The summed E-state index contributed by atoms with van der Waals surface area (Å²) in [6.07, 6.45) is 15.7. The molecule has 12 heteroatoms. The highest BCUT2D eigenvalue weighted by Crippen LogP contribution is 2.32. The van der Waals surface area contributed by atoms with Crippen LogP contribution in [0.15, 0.2) is 53.7 Å². The van der Waals surface area contributed by atoms with Crippen LogP contribution in [0.2, 0.25) is 0 Å². The fraction of sp³-hybridized carbons (Fsp3) is 0.579. The number of likely N-dealkylation sites (tertiary alicyclic amines) is 1. The fourth-order valence-corrected chi connectivity index (χ4v) is 7.03. The third-order valence-corrected chi connectivity index (χ3v) is 10.1. The van der Waals surface area contributed by atoms with Crippen LogP contribution in [0, 0.1) is 5.92 Å². The number of pyridine rings is 1. The molecule has 2 aliphatic carbocycles. The van der Waals surface area contributed by atoms with Gasteiger partial charge in [-0.05, 0) is 82.6 Å². The molecule has 4 atom stereocenters. The van der Waals surface area contributed by atoms with E-state index in [1.165, 1.54) is 11.8 Å². The lowest BCUT2D eigenvalue weighted by Crippen LogP contribution is -2.48. The summed E-state index contributed by atoms with van der Waals surface area (Å²) in [5, 5.41) is 7.72. The molecular formula is C38H54N6O5S. The van der Waals surface area contributed by atoms with Gasteiger partial charge in [-0.25, -0.2) is 4.79 Å². The summed E-state index contributed by atoms with van der Waals surface area (Å²) in [5.74, 6) is 1.84. The number of methoxy groups -OCH3 is 1. The predicted octanol–water partition coefficient (Wildman–Crippen LogP) is 6.46. The first-order valence-electron chi connectivity index (χ1n) is 18.1. The number of nitrogens with two attached hydrogens (primary N) is 1. The maximum atomic E-state index is 13.9. The highest BCUT2D eigenvalue weighted by Gasteiger charge is 2.34. The minimum absolute atomic E-state index is 0.0675. The lowest BCUT2D eigenvalue weighted by Gasteiger charge is -2.25. The molecule has 5 rings (SSSR count). The van der Waals surface area contributed by atoms with E-state index >= 15 is 0 Å². The van der Waals surface area contributed by atoms with E-state index in [4.69, 9.17) is 29.9 Å². The van der Waals surface area contributed by atoms with E-state index in [1.807, 2.05) is 42.3 Å². The number of thioether (sulfide) groups is 1. The van der Waals surface area contributed by atoms with E-state index in [0.717, 1.165) is 85.2 Å². The van der Waals surface area contributed by atoms with Gasteiger partial charge in [0.05, 0.1) is 31.4 Å². The van der Waals surface area contributed by atoms with Gasteiger partial charge in [-0.15, -0.1) is 0 Å². The smallest absolute Gasteiger partial charge is 0.408 e. The number of rotatable bonds is 16. The van der Waals surface area contributed by atoms with Crippen LogP contribution in [-0.4, -0.2) is 77.8 Å². The number of alkyl carbamates (subject to hydrolysis) is 1. The molecule has 2 unspecified atom stereocenters. The van der Waals surface area contributed by atoms with Crippen molar-refractivity contribution in [2.24, 2.45) is 16.6 Å². The summed E-state index contributed by atoms with van der Waals surface area (Å²) >= 11 is 1.51. The lowest BCUT2D eigenvalue weighted by atomic mass is 10.1. The summed E-state index contributed by atoms with van der Waals surface area (Å²) in [7, 11) is 1.63. The minimum Gasteiger partial charge on any atom is -0.497 e. The van der Waals surface area contributed by atoms with Crippen LogP contribution < -0.4 is 25.8 Å². The molecule has 1 saturated heterocycles. The molecule has 0 radical (unpaired) electrons. The van der Waals surface area contributed by atoms with Crippen LogP contribution in [0.5, 0.6) is 11.5 Å². The molecular weight excluding hydrogens is 653 g/mol. The van der Waals surface area contributed by atoms with Crippen LogP contribution in [0.4, 0.5) is 4.79 Å². The maximum Gasteiger partial charge on any atom is 0.408 e. The Morgan fingerprint density at radius 2 is 1.98 bits per heavy atom. The molecule has 1 aromatic heterocycles. The van der Waals surface area contributed by atoms with Crippen molar-refractivity contribution in [3.63, 3.8) is 0 Å². The summed E-state index contributed by atoms with van der Waals surface area (Å²) in [4.78, 5) is 38.2. The van der Waals surface area contributed by atoms with Crippen molar-refractivity contribution in [3.8, 4) is 11.5 Å². The van der Waals surface area contributed by atoms with Gasteiger partial charge in [0.15, 0.2) is 5.17 Å². The van der Waals surface area contributed by atoms with Crippen molar-refractivity contribution >= 4 is 39.8 Å². The van der Waals surface area contributed by atoms with Crippen LogP contribution in [0.25, 0.3) is 10.9 Å². The second-order valence-electron chi connectivity index (χ2n) is 13.7. The summed E-state index contributed by atoms with van der Waals surface area (Å²) in [6.45, 7) is 7.13. The number of aliphatic imine (C=N–C) groups is 1. The van der Waals surface area contributed by atoms with E-state index in [-0.39, 0.29) is 18.1 Å². The molecule has 3 fully saturated rings. The third kappa shape index (κ3) is 11.1. The second-order valence-corrected chi connectivity index (χ2v) is 14.5. The van der Waals surface area contributed by atoms with Gasteiger partial charge in [0.25, 0.3) is 0 Å². The number of allylic oxidation sites excluding steroid dienone is 2. The Morgan fingerprint density at radius 3 is 2.70 bits per heavy atom. The topological polar surface area (TPSA) is 140 Å². The van der Waals surface area contributed by atoms with Gasteiger partial charge in [0.1, 0.15) is 29.7 Å². The van der Waals surface area contributed by atoms with Gasteiger partial charge in [-0.3, -0.25) is 14.8 Å². The number of ether oxygens (including phenoxy) is 3. The first-order valence-corrected chi connectivity index (χ1v) is 19.3.